The third kappa shape index (κ3) is 3.82. The molecule has 0 saturated carbocycles. The van der Waals surface area contributed by atoms with Crippen LogP contribution >= 0.6 is 0 Å². The highest BCUT2D eigenvalue weighted by Gasteiger charge is 2.09. The molecule has 128 valence electrons. The lowest BCUT2D eigenvalue weighted by Gasteiger charge is -2.09. The molecule has 7 heteroatoms. The first-order valence-electron chi connectivity index (χ1n) is 8.04. The van der Waals surface area contributed by atoms with Gasteiger partial charge in [0, 0.05) is 37.1 Å². The van der Waals surface area contributed by atoms with Crippen LogP contribution in [0.3, 0.4) is 0 Å². The second kappa shape index (κ2) is 7.12. The van der Waals surface area contributed by atoms with Crippen LogP contribution in [0.5, 0.6) is 0 Å². The summed E-state index contributed by atoms with van der Waals surface area (Å²) in [5.74, 6) is 0.425. The van der Waals surface area contributed by atoms with Crippen LogP contribution in [0.15, 0.2) is 42.9 Å². The third-order valence-corrected chi connectivity index (χ3v) is 3.69. The molecule has 3 aromatic rings. The lowest BCUT2D eigenvalue weighted by Crippen LogP contribution is -2.22. The van der Waals surface area contributed by atoms with E-state index in [4.69, 9.17) is 0 Å². The minimum atomic E-state index is -0.0765. The predicted octanol–water partition coefficient (Wildman–Crippen LogP) is 2.68. The van der Waals surface area contributed by atoms with E-state index in [1.54, 1.807) is 29.2 Å². The van der Waals surface area contributed by atoms with Gasteiger partial charge in [-0.2, -0.15) is 5.10 Å². The van der Waals surface area contributed by atoms with Crippen LogP contribution in [0, 0.1) is 6.92 Å². The molecule has 2 heterocycles. The zero-order valence-electron chi connectivity index (χ0n) is 14.4. The normalized spacial score (nSPS) is 10.5. The van der Waals surface area contributed by atoms with Gasteiger partial charge in [0.05, 0.1) is 17.6 Å². The number of anilines is 2. The van der Waals surface area contributed by atoms with Crippen LogP contribution in [0.1, 0.15) is 22.8 Å². The van der Waals surface area contributed by atoms with Crippen molar-refractivity contribution < 1.29 is 4.79 Å². The quantitative estimate of drug-likeness (QED) is 0.748. The van der Waals surface area contributed by atoms with Gasteiger partial charge in [-0.15, -0.1) is 0 Å². The molecule has 0 aliphatic heterocycles. The van der Waals surface area contributed by atoms with Crippen molar-refractivity contribution in [1.29, 1.82) is 0 Å². The number of benzene rings is 1. The summed E-state index contributed by atoms with van der Waals surface area (Å²) in [4.78, 5) is 20.8. The second-order valence-corrected chi connectivity index (χ2v) is 5.69. The van der Waals surface area contributed by atoms with Crippen LogP contribution in [0.2, 0.25) is 0 Å². The molecule has 0 spiro atoms. The average molecular weight is 336 g/mol. The van der Waals surface area contributed by atoms with Gasteiger partial charge in [0.25, 0.3) is 5.91 Å². The van der Waals surface area contributed by atoms with E-state index in [1.807, 2.05) is 39.2 Å². The van der Waals surface area contributed by atoms with Crippen LogP contribution in [0.25, 0.3) is 11.3 Å². The highest BCUT2D eigenvalue weighted by molar-refractivity contribution is 5.94. The van der Waals surface area contributed by atoms with Crippen molar-refractivity contribution >= 4 is 17.5 Å². The highest BCUT2D eigenvalue weighted by Crippen LogP contribution is 2.23. The van der Waals surface area contributed by atoms with Crippen LogP contribution in [-0.2, 0) is 7.05 Å². The van der Waals surface area contributed by atoms with Gasteiger partial charge in [-0.3, -0.25) is 9.48 Å². The molecule has 0 radical (unpaired) electrons. The number of aryl methyl sites for hydroxylation is 2. The summed E-state index contributed by atoms with van der Waals surface area (Å²) >= 11 is 0. The topological polar surface area (TPSA) is 84.7 Å². The van der Waals surface area contributed by atoms with Crippen LogP contribution in [-0.4, -0.2) is 32.2 Å². The number of carbonyl (C=O) groups excluding carboxylic acids is 1. The van der Waals surface area contributed by atoms with E-state index in [-0.39, 0.29) is 5.91 Å². The standard InChI is InChI=1S/C18H20N6O/c1-4-19-17(25)14-7-5-13(6-8-14)16-12(2)9-20-18(23-16)22-15-10-21-24(3)11-15/h5-11H,4H2,1-3H3,(H,19,25)(H,20,22,23). The summed E-state index contributed by atoms with van der Waals surface area (Å²) in [7, 11) is 1.85. The lowest BCUT2D eigenvalue weighted by atomic mass is 10.1. The maximum atomic E-state index is 11.9. The van der Waals surface area contributed by atoms with E-state index in [0.29, 0.717) is 18.1 Å². The minimum Gasteiger partial charge on any atom is -0.352 e. The molecule has 1 aromatic carbocycles. The molecule has 0 aliphatic carbocycles. The van der Waals surface area contributed by atoms with E-state index in [1.165, 1.54) is 0 Å². The summed E-state index contributed by atoms with van der Waals surface area (Å²) in [6.45, 7) is 4.46. The molecular weight excluding hydrogens is 316 g/mol. The Morgan fingerprint density at radius 1 is 1.20 bits per heavy atom. The van der Waals surface area contributed by atoms with E-state index in [2.05, 4.69) is 25.7 Å². The number of hydrogen-bond donors (Lipinski definition) is 2. The van der Waals surface area contributed by atoms with E-state index in [9.17, 15) is 4.79 Å². The maximum Gasteiger partial charge on any atom is 0.251 e. The molecule has 25 heavy (non-hydrogen) atoms. The average Bonchev–Trinajstić information content (AvgIpc) is 3.02. The van der Waals surface area contributed by atoms with Gasteiger partial charge < -0.3 is 10.6 Å². The van der Waals surface area contributed by atoms with Gasteiger partial charge in [0.15, 0.2) is 0 Å². The zero-order chi connectivity index (χ0) is 17.8. The van der Waals surface area contributed by atoms with Gasteiger partial charge in [0.1, 0.15) is 0 Å². The van der Waals surface area contributed by atoms with Crippen molar-refractivity contribution in [3.63, 3.8) is 0 Å². The summed E-state index contributed by atoms with van der Waals surface area (Å²) in [6.07, 6.45) is 5.34. The van der Waals surface area contributed by atoms with Crippen molar-refractivity contribution in [2.24, 2.45) is 7.05 Å². The van der Waals surface area contributed by atoms with Gasteiger partial charge in [-0.1, -0.05) is 12.1 Å². The predicted molar refractivity (Wildman–Crippen MR) is 96.7 cm³/mol. The molecule has 0 unspecified atom stereocenters. The molecule has 0 bridgehead atoms. The Morgan fingerprint density at radius 2 is 1.96 bits per heavy atom. The highest BCUT2D eigenvalue weighted by atomic mass is 16.1. The Bertz CT molecular complexity index is 885. The van der Waals surface area contributed by atoms with Crippen molar-refractivity contribution in [1.82, 2.24) is 25.1 Å². The largest absolute Gasteiger partial charge is 0.352 e. The zero-order valence-corrected chi connectivity index (χ0v) is 14.4. The number of aromatic nitrogens is 4. The fourth-order valence-electron chi connectivity index (χ4n) is 2.45. The third-order valence-electron chi connectivity index (χ3n) is 3.69. The van der Waals surface area contributed by atoms with Crippen molar-refractivity contribution in [3.8, 4) is 11.3 Å². The lowest BCUT2D eigenvalue weighted by molar-refractivity contribution is 0.0956. The molecule has 7 nitrogen and oxygen atoms in total. The van der Waals surface area contributed by atoms with Gasteiger partial charge >= 0.3 is 0 Å². The van der Waals surface area contributed by atoms with Gasteiger partial charge in [-0.05, 0) is 31.5 Å². The number of nitrogens with one attached hydrogen (secondary N) is 2. The first kappa shape index (κ1) is 16.6. The maximum absolute atomic E-state index is 11.9. The van der Waals surface area contributed by atoms with Crippen molar-refractivity contribution in [2.75, 3.05) is 11.9 Å². The first-order chi connectivity index (χ1) is 12.1. The van der Waals surface area contributed by atoms with Crippen LogP contribution in [0.4, 0.5) is 11.6 Å². The Morgan fingerprint density at radius 3 is 2.60 bits per heavy atom. The minimum absolute atomic E-state index is 0.0765. The SMILES string of the molecule is CCNC(=O)c1ccc(-c2nc(Nc3cnn(C)c3)ncc2C)cc1. The molecule has 0 aliphatic rings. The smallest absolute Gasteiger partial charge is 0.251 e. The van der Waals surface area contributed by atoms with Crippen molar-refractivity contribution in [3.05, 3.63) is 54.0 Å². The molecule has 2 aromatic heterocycles. The molecular formula is C18H20N6O. The molecule has 0 saturated heterocycles. The van der Waals surface area contributed by atoms with Gasteiger partial charge in [0.2, 0.25) is 5.95 Å². The number of carbonyl (C=O) groups is 1. The summed E-state index contributed by atoms with van der Waals surface area (Å²) < 4.78 is 1.71. The molecule has 2 N–H and O–H groups in total. The van der Waals surface area contributed by atoms with Crippen LogP contribution < -0.4 is 10.6 Å². The summed E-state index contributed by atoms with van der Waals surface area (Å²) in [6, 6.07) is 7.40. The first-order valence-corrected chi connectivity index (χ1v) is 8.04. The molecule has 0 atom stereocenters. The summed E-state index contributed by atoms with van der Waals surface area (Å²) in [5, 5.41) is 10.0. The second-order valence-electron chi connectivity index (χ2n) is 5.69. The van der Waals surface area contributed by atoms with Crippen molar-refractivity contribution in [2.45, 2.75) is 13.8 Å². The van der Waals surface area contributed by atoms with E-state index in [0.717, 1.165) is 22.5 Å². The Labute approximate surface area is 146 Å². The Hall–Kier alpha value is -3.22. The molecule has 0 fully saturated rings. The van der Waals surface area contributed by atoms with Gasteiger partial charge in [-0.25, -0.2) is 9.97 Å². The summed E-state index contributed by atoms with van der Waals surface area (Å²) in [5.41, 5.74) is 4.17. The van der Waals surface area contributed by atoms with E-state index >= 15 is 0 Å². The number of nitrogens with zero attached hydrogens (tertiary/aromatic N) is 4. The fraction of sp³-hybridized carbons (Fsp3) is 0.222. The molecule has 1 amide bonds. The van der Waals surface area contributed by atoms with E-state index < -0.39 is 0 Å². The number of rotatable bonds is 5. The Kier molecular flexibility index (Phi) is 4.74. The Balaban J connectivity index is 1.86. The monoisotopic (exact) mass is 336 g/mol. The number of amides is 1. The molecule has 3 rings (SSSR count). The fourth-order valence-corrected chi connectivity index (χ4v) is 2.45. The number of hydrogen-bond acceptors (Lipinski definition) is 5.